The normalized spacial score (nSPS) is 17.4. The summed E-state index contributed by atoms with van der Waals surface area (Å²) in [6, 6.07) is 27.0. The summed E-state index contributed by atoms with van der Waals surface area (Å²) in [7, 11) is 1.73. The third-order valence-electron chi connectivity index (χ3n) is 9.88. The number of piperidine rings is 1. The number of methoxy groups -OCH3 is 1. The lowest BCUT2D eigenvalue weighted by Gasteiger charge is -2.37. The molecule has 0 radical (unpaired) electrons. The number of ether oxygens (including phenoxy) is 2. The zero-order chi connectivity index (χ0) is 35.8. The van der Waals surface area contributed by atoms with Crippen LogP contribution in [-0.2, 0) is 27.2 Å². The summed E-state index contributed by atoms with van der Waals surface area (Å²) in [5.74, 6) is 1.21. The van der Waals surface area contributed by atoms with Gasteiger partial charge >= 0.3 is 6.09 Å². The van der Waals surface area contributed by atoms with E-state index in [0.29, 0.717) is 26.1 Å². The summed E-state index contributed by atoms with van der Waals surface area (Å²) in [5, 5.41) is 3.04. The number of hydrogen-bond donors (Lipinski definition) is 1. The van der Waals surface area contributed by atoms with Crippen LogP contribution < -0.4 is 15.1 Å². The fourth-order valence-corrected chi connectivity index (χ4v) is 7.40. The van der Waals surface area contributed by atoms with Crippen LogP contribution >= 0.6 is 0 Å². The lowest BCUT2D eigenvalue weighted by atomic mass is 9.95. The summed E-state index contributed by atoms with van der Waals surface area (Å²) < 4.78 is 13.3. The number of fused-ring (bicyclic) bond motifs is 1. The summed E-state index contributed by atoms with van der Waals surface area (Å²) in [6.07, 6.45) is 2.99. The Balaban J connectivity index is 1.11. The Labute approximate surface area is 302 Å². The fourth-order valence-electron chi connectivity index (χ4n) is 7.40. The largest absolute Gasteiger partial charge is 0.444 e. The van der Waals surface area contributed by atoms with Crippen LogP contribution in [0.4, 0.5) is 16.2 Å². The third-order valence-corrected chi connectivity index (χ3v) is 9.88. The monoisotopic (exact) mass is 694 g/mol. The van der Waals surface area contributed by atoms with Crippen LogP contribution in [0, 0.1) is 0 Å². The van der Waals surface area contributed by atoms with E-state index >= 15 is 0 Å². The highest BCUT2D eigenvalue weighted by Gasteiger charge is 2.31. The molecule has 0 spiro atoms. The molecule has 0 saturated carbocycles. The van der Waals surface area contributed by atoms with Crippen molar-refractivity contribution in [3.8, 4) is 0 Å². The standard InChI is InChI=1S/C41H54N6O4/c1-41(2,3)51-40(49)42-33(28-31-17-19-35(20-18-31)45-25-23-44(24-26-45)34-13-6-5-7-14-34)29-38(48)46-21-10-12-32(30-46)39-43-36-15-8-9-16-37(36)47(39)22-11-27-50-4/h5-9,13-20,32-33H,10-12,21-30H2,1-4H3,(H,42,49)/t32-,33-/m1/s1. The Kier molecular flexibility index (Phi) is 11.8. The van der Waals surface area contributed by atoms with Crippen LogP contribution in [0.3, 0.4) is 0 Å². The van der Waals surface area contributed by atoms with Gasteiger partial charge in [0.25, 0.3) is 0 Å². The van der Waals surface area contributed by atoms with Crippen LogP contribution in [0.5, 0.6) is 0 Å². The molecule has 10 heteroatoms. The van der Waals surface area contributed by atoms with Crippen molar-refractivity contribution in [2.75, 3.05) is 62.8 Å². The first kappa shape index (κ1) is 36.2. The van der Waals surface area contributed by atoms with E-state index in [0.717, 1.165) is 74.4 Å². The predicted molar refractivity (Wildman–Crippen MR) is 204 cm³/mol. The van der Waals surface area contributed by atoms with Gasteiger partial charge < -0.3 is 34.1 Å². The first-order valence-corrected chi connectivity index (χ1v) is 18.5. The van der Waals surface area contributed by atoms with Crippen molar-refractivity contribution in [3.05, 3.63) is 90.3 Å². The number of para-hydroxylation sites is 3. The molecule has 2 amide bonds. The molecule has 2 atom stereocenters. The lowest BCUT2D eigenvalue weighted by molar-refractivity contribution is -0.133. The number of rotatable bonds is 12. The molecule has 0 aliphatic carbocycles. The number of carbonyl (C=O) groups excluding carboxylic acids is 2. The van der Waals surface area contributed by atoms with Gasteiger partial charge in [0.05, 0.1) is 11.0 Å². The van der Waals surface area contributed by atoms with Crippen molar-refractivity contribution in [2.24, 2.45) is 0 Å². The number of hydrogen-bond acceptors (Lipinski definition) is 7. The molecule has 2 fully saturated rings. The number of carbonyl (C=O) groups is 2. The minimum Gasteiger partial charge on any atom is -0.444 e. The van der Waals surface area contributed by atoms with Crippen LogP contribution in [0.1, 0.15) is 63.8 Å². The smallest absolute Gasteiger partial charge is 0.407 e. The Bertz CT molecular complexity index is 1730. The average Bonchev–Trinajstić information content (AvgIpc) is 3.50. The number of nitrogens with one attached hydrogen (secondary N) is 1. The van der Waals surface area contributed by atoms with Crippen LogP contribution in [0.15, 0.2) is 78.9 Å². The number of anilines is 2. The van der Waals surface area contributed by atoms with Gasteiger partial charge in [0.2, 0.25) is 5.91 Å². The SMILES string of the molecule is COCCCn1c([C@@H]2CCCN(C(=O)C[C@@H](Cc3ccc(N4CCN(c5ccccc5)CC4)cc3)NC(=O)OC(C)(C)C)C2)nc2ccccc21. The van der Waals surface area contributed by atoms with E-state index in [4.69, 9.17) is 14.5 Å². The van der Waals surface area contributed by atoms with E-state index in [-0.39, 0.29) is 18.2 Å². The third kappa shape index (κ3) is 9.61. The number of imidazole rings is 1. The van der Waals surface area contributed by atoms with Crippen molar-refractivity contribution in [2.45, 2.75) is 77.0 Å². The van der Waals surface area contributed by atoms with Crippen molar-refractivity contribution in [1.82, 2.24) is 19.8 Å². The number of aromatic nitrogens is 2. The first-order valence-electron chi connectivity index (χ1n) is 18.5. The van der Waals surface area contributed by atoms with Gasteiger partial charge in [0, 0.05) is 89.3 Å². The summed E-state index contributed by atoms with van der Waals surface area (Å²) >= 11 is 0. The second-order valence-corrected chi connectivity index (χ2v) is 14.9. The molecule has 10 nitrogen and oxygen atoms in total. The fraction of sp³-hybridized carbons (Fsp3) is 0.488. The molecule has 2 aliphatic heterocycles. The van der Waals surface area contributed by atoms with Gasteiger partial charge in [-0.3, -0.25) is 4.79 Å². The van der Waals surface area contributed by atoms with Gasteiger partial charge in [-0.15, -0.1) is 0 Å². The highest BCUT2D eigenvalue weighted by Crippen LogP contribution is 2.30. The summed E-state index contributed by atoms with van der Waals surface area (Å²) in [4.78, 5) is 38.8. The van der Waals surface area contributed by atoms with Gasteiger partial charge in [0.1, 0.15) is 11.4 Å². The second-order valence-electron chi connectivity index (χ2n) is 14.9. The second kappa shape index (κ2) is 16.6. The van der Waals surface area contributed by atoms with Crippen LogP contribution in [-0.4, -0.2) is 91.1 Å². The van der Waals surface area contributed by atoms with Gasteiger partial charge in [-0.1, -0.05) is 42.5 Å². The number of amides is 2. The zero-order valence-electron chi connectivity index (χ0n) is 30.7. The number of piperazine rings is 1. The van der Waals surface area contributed by atoms with E-state index in [2.05, 4.69) is 92.5 Å². The molecule has 2 aliphatic rings. The minimum absolute atomic E-state index is 0.0377. The van der Waals surface area contributed by atoms with Crippen molar-refractivity contribution in [3.63, 3.8) is 0 Å². The Morgan fingerprint density at radius 1 is 0.882 bits per heavy atom. The number of likely N-dealkylation sites (tertiary alicyclic amines) is 1. The van der Waals surface area contributed by atoms with Gasteiger partial charge in [-0.05, 0) is 88.4 Å². The maximum absolute atomic E-state index is 14.0. The maximum atomic E-state index is 14.0. The Hall–Kier alpha value is -4.57. The molecule has 0 unspecified atom stereocenters. The van der Waals surface area contributed by atoms with Crippen LogP contribution in [0.25, 0.3) is 11.0 Å². The molecule has 3 aromatic carbocycles. The molecule has 51 heavy (non-hydrogen) atoms. The molecule has 272 valence electrons. The van der Waals surface area contributed by atoms with Gasteiger partial charge in [-0.2, -0.15) is 0 Å². The molecule has 1 aromatic heterocycles. The van der Waals surface area contributed by atoms with Crippen LogP contribution in [0.2, 0.25) is 0 Å². The summed E-state index contributed by atoms with van der Waals surface area (Å²) in [6.45, 7) is 12.2. The van der Waals surface area contributed by atoms with E-state index in [1.807, 2.05) is 31.7 Å². The Morgan fingerprint density at radius 2 is 1.55 bits per heavy atom. The average molecular weight is 695 g/mol. The maximum Gasteiger partial charge on any atom is 0.407 e. The quantitative estimate of drug-likeness (QED) is 0.167. The van der Waals surface area contributed by atoms with E-state index in [1.165, 1.54) is 11.4 Å². The molecular formula is C41H54N6O4. The van der Waals surface area contributed by atoms with Crippen molar-refractivity contribution < 1.29 is 19.1 Å². The Morgan fingerprint density at radius 3 is 2.24 bits per heavy atom. The highest BCUT2D eigenvalue weighted by atomic mass is 16.6. The highest BCUT2D eigenvalue weighted by molar-refractivity contribution is 5.79. The van der Waals surface area contributed by atoms with Crippen molar-refractivity contribution in [1.29, 1.82) is 0 Å². The number of benzene rings is 3. The van der Waals surface area contributed by atoms with Crippen molar-refractivity contribution >= 4 is 34.4 Å². The summed E-state index contributed by atoms with van der Waals surface area (Å²) in [5.41, 5.74) is 4.98. The number of aryl methyl sites for hydroxylation is 1. The van der Waals surface area contributed by atoms with E-state index in [1.54, 1.807) is 7.11 Å². The lowest BCUT2D eigenvalue weighted by Crippen LogP contribution is -2.46. The molecule has 3 heterocycles. The molecule has 4 aromatic rings. The molecular weight excluding hydrogens is 640 g/mol. The predicted octanol–water partition coefficient (Wildman–Crippen LogP) is 6.63. The molecule has 0 bridgehead atoms. The first-order chi connectivity index (χ1) is 24.7. The van der Waals surface area contributed by atoms with Gasteiger partial charge in [0.15, 0.2) is 0 Å². The molecule has 1 N–H and O–H groups in total. The topological polar surface area (TPSA) is 92.2 Å². The number of alkyl carbamates (subject to hydrolysis) is 1. The van der Waals surface area contributed by atoms with E-state index < -0.39 is 17.7 Å². The number of nitrogens with zero attached hydrogens (tertiary/aromatic N) is 5. The minimum atomic E-state index is -0.639. The van der Waals surface area contributed by atoms with Gasteiger partial charge in [-0.25, -0.2) is 9.78 Å². The molecule has 6 rings (SSSR count). The zero-order valence-corrected chi connectivity index (χ0v) is 30.7. The van der Waals surface area contributed by atoms with E-state index in [9.17, 15) is 9.59 Å². The molecule has 2 saturated heterocycles.